The molecule has 0 saturated carbocycles. The van der Waals surface area contributed by atoms with Gasteiger partial charge in [-0.05, 0) is 43.9 Å². The molecule has 0 saturated heterocycles. The van der Waals surface area contributed by atoms with Crippen molar-refractivity contribution in [1.82, 2.24) is 15.5 Å². The number of rotatable bonds is 10. The van der Waals surface area contributed by atoms with Gasteiger partial charge in [-0.3, -0.25) is 9.59 Å². The van der Waals surface area contributed by atoms with E-state index in [-0.39, 0.29) is 23.3 Å². The van der Waals surface area contributed by atoms with Crippen LogP contribution in [0.1, 0.15) is 22.3 Å². The molecule has 0 aliphatic carbocycles. The van der Waals surface area contributed by atoms with Gasteiger partial charge in [-0.25, -0.2) is 4.39 Å². The second-order valence-electron chi connectivity index (χ2n) is 6.96. The minimum Gasteiger partial charge on any atom is -0.484 e. The van der Waals surface area contributed by atoms with Crippen LogP contribution < -0.4 is 15.4 Å². The van der Waals surface area contributed by atoms with Crippen LogP contribution in [0, 0.1) is 5.82 Å². The molecule has 0 aliphatic heterocycles. The Bertz CT molecular complexity index is 918. The molecule has 0 aromatic heterocycles. The minimum absolute atomic E-state index is 0.0216. The van der Waals surface area contributed by atoms with Gasteiger partial charge < -0.3 is 20.3 Å². The summed E-state index contributed by atoms with van der Waals surface area (Å²) >= 11 is 5.60. The molecule has 30 heavy (non-hydrogen) atoms. The summed E-state index contributed by atoms with van der Waals surface area (Å²) in [7, 11) is 3.93. The normalized spacial score (nSPS) is 10.6. The predicted octanol–water partition coefficient (Wildman–Crippen LogP) is 3.37. The quantitative estimate of drug-likeness (QED) is 0.602. The number of hydrogen-bond donors (Lipinski definition) is 2. The number of nitrogens with zero attached hydrogens (tertiary/aromatic N) is 1. The molecular formula is C22H25ClFN3O3. The third kappa shape index (κ3) is 7.85. The zero-order valence-corrected chi connectivity index (χ0v) is 17.8. The van der Waals surface area contributed by atoms with Gasteiger partial charge in [0.2, 0.25) is 0 Å². The average molecular weight is 434 g/mol. The maximum atomic E-state index is 13.4. The molecule has 2 rings (SSSR count). The standard InChI is InChI=1S/C22H25ClFN3O3/c1-15(26-21(28)14-30-18-7-8-19(23)20(24)12-18)9-10-25-22(29)17-6-4-5-16(11-17)13-27(2)3/h4-8,11-12H,1,9-10,13-14H2,2-3H3,(H,25,29)(H,26,28). The van der Waals surface area contributed by atoms with Gasteiger partial charge in [-0.1, -0.05) is 30.3 Å². The fraction of sp³-hybridized carbons (Fsp3) is 0.273. The van der Waals surface area contributed by atoms with Crippen molar-refractivity contribution < 1.29 is 18.7 Å². The van der Waals surface area contributed by atoms with Crippen LogP contribution in [0.25, 0.3) is 0 Å². The van der Waals surface area contributed by atoms with E-state index in [9.17, 15) is 14.0 Å². The van der Waals surface area contributed by atoms with Crippen molar-refractivity contribution in [3.05, 3.63) is 76.7 Å². The Kier molecular flexibility index (Phi) is 8.83. The zero-order valence-electron chi connectivity index (χ0n) is 17.0. The molecule has 6 nitrogen and oxygen atoms in total. The molecule has 0 atom stereocenters. The fourth-order valence-corrected chi connectivity index (χ4v) is 2.73. The Labute approximate surface area is 180 Å². The number of halogens is 2. The zero-order chi connectivity index (χ0) is 22.1. The van der Waals surface area contributed by atoms with E-state index in [0.29, 0.717) is 24.2 Å². The lowest BCUT2D eigenvalue weighted by Gasteiger charge is -2.12. The van der Waals surface area contributed by atoms with Gasteiger partial charge in [-0.15, -0.1) is 0 Å². The van der Waals surface area contributed by atoms with Crippen molar-refractivity contribution in [3.63, 3.8) is 0 Å². The van der Waals surface area contributed by atoms with Crippen LogP contribution in [0.15, 0.2) is 54.7 Å². The summed E-state index contributed by atoms with van der Waals surface area (Å²) in [5.41, 5.74) is 2.06. The summed E-state index contributed by atoms with van der Waals surface area (Å²) in [6.45, 7) is 4.53. The summed E-state index contributed by atoms with van der Waals surface area (Å²) in [6.07, 6.45) is 0.366. The Hall–Kier alpha value is -2.90. The monoisotopic (exact) mass is 433 g/mol. The lowest BCUT2D eigenvalue weighted by atomic mass is 10.1. The van der Waals surface area contributed by atoms with Crippen LogP contribution in [0.2, 0.25) is 5.02 Å². The van der Waals surface area contributed by atoms with E-state index in [1.165, 1.54) is 12.1 Å². The van der Waals surface area contributed by atoms with Crippen LogP contribution in [0.4, 0.5) is 4.39 Å². The van der Waals surface area contributed by atoms with Crippen LogP contribution >= 0.6 is 11.6 Å². The Morgan fingerprint density at radius 1 is 1.20 bits per heavy atom. The highest BCUT2D eigenvalue weighted by Gasteiger charge is 2.09. The lowest BCUT2D eigenvalue weighted by Crippen LogP contribution is -2.31. The van der Waals surface area contributed by atoms with Gasteiger partial charge in [0, 0.05) is 36.8 Å². The molecule has 2 N–H and O–H groups in total. The third-order valence-corrected chi connectivity index (χ3v) is 4.28. The Morgan fingerprint density at radius 2 is 1.97 bits per heavy atom. The molecule has 8 heteroatoms. The summed E-state index contributed by atoms with van der Waals surface area (Å²) in [5.74, 6) is -1.05. The van der Waals surface area contributed by atoms with Crippen molar-refractivity contribution >= 4 is 23.4 Å². The van der Waals surface area contributed by atoms with E-state index in [4.69, 9.17) is 16.3 Å². The molecule has 2 amide bonds. The molecule has 0 aliphatic rings. The van der Waals surface area contributed by atoms with E-state index in [2.05, 4.69) is 17.2 Å². The summed E-state index contributed by atoms with van der Waals surface area (Å²) in [5, 5.41) is 5.37. The smallest absolute Gasteiger partial charge is 0.262 e. The highest BCUT2D eigenvalue weighted by molar-refractivity contribution is 6.30. The van der Waals surface area contributed by atoms with Crippen molar-refractivity contribution in [2.45, 2.75) is 13.0 Å². The predicted molar refractivity (Wildman–Crippen MR) is 115 cm³/mol. The van der Waals surface area contributed by atoms with Crippen molar-refractivity contribution in [3.8, 4) is 5.75 Å². The Morgan fingerprint density at radius 3 is 2.67 bits per heavy atom. The maximum absolute atomic E-state index is 13.4. The second kappa shape index (κ2) is 11.3. The topological polar surface area (TPSA) is 70.7 Å². The number of nitrogens with one attached hydrogen (secondary N) is 2. The fourth-order valence-electron chi connectivity index (χ4n) is 2.62. The maximum Gasteiger partial charge on any atom is 0.262 e. The average Bonchev–Trinajstić information content (AvgIpc) is 2.68. The van der Waals surface area contributed by atoms with E-state index < -0.39 is 11.7 Å². The lowest BCUT2D eigenvalue weighted by molar-refractivity contribution is -0.122. The molecule has 160 valence electrons. The second-order valence-corrected chi connectivity index (χ2v) is 7.37. The van der Waals surface area contributed by atoms with Crippen LogP contribution in [0.3, 0.4) is 0 Å². The largest absolute Gasteiger partial charge is 0.484 e. The molecule has 2 aromatic rings. The van der Waals surface area contributed by atoms with Gasteiger partial charge in [0.05, 0.1) is 5.02 Å². The number of carbonyl (C=O) groups is 2. The van der Waals surface area contributed by atoms with E-state index in [1.807, 2.05) is 37.2 Å². The molecule has 0 unspecified atom stereocenters. The van der Waals surface area contributed by atoms with Crippen molar-refractivity contribution in [2.24, 2.45) is 0 Å². The van der Waals surface area contributed by atoms with E-state index >= 15 is 0 Å². The van der Waals surface area contributed by atoms with Crippen LogP contribution in [-0.4, -0.2) is 44.0 Å². The van der Waals surface area contributed by atoms with Crippen molar-refractivity contribution in [2.75, 3.05) is 27.2 Å². The molecule has 0 heterocycles. The summed E-state index contributed by atoms with van der Waals surface area (Å²) in [4.78, 5) is 26.2. The van der Waals surface area contributed by atoms with Gasteiger partial charge in [0.15, 0.2) is 6.61 Å². The van der Waals surface area contributed by atoms with E-state index in [1.54, 1.807) is 6.07 Å². The SMILES string of the molecule is C=C(CCNC(=O)c1cccc(CN(C)C)c1)NC(=O)COc1ccc(Cl)c(F)c1. The van der Waals surface area contributed by atoms with Gasteiger partial charge in [0.25, 0.3) is 11.8 Å². The minimum atomic E-state index is -0.623. The molecule has 0 fully saturated rings. The molecule has 0 spiro atoms. The molecular weight excluding hydrogens is 409 g/mol. The number of amides is 2. The highest BCUT2D eigenvalue weighted by Crippen LogP contribution is 2.20. The van der Waals surface area contributed by atoms with Gasteiger partial charge in [-0.2, -0.15) is 0 Å². The van der Waals surface area contributed by atoms with Crippen LogP contribution in [-0.2, 0) is 11.3 Å². The first-order valence-electron chi connectivity index (χ1n) is 9.32. The number of ether oxygens (including phenoxy) is 1. The van der Waals surface area contributed by atoms with Crippen LogP contribution in [0.5, 0.6) is 5.75 Å². The number of carbonyl (C=O) groups excluding carboxylic acids is 2. The van der Waals surface area contributed by atoms with Crippen molar-refractivity contribution in [1.29, 1.82) is 0 Å². The molecule has 0 radical (unpaired) electrons. The number of benzene rings is 2. The first kappa shape index (κ1) is 23.4. The first-order valence-corrected chi connectivity index (χ1v) is 9.69. The summed E-state index contributed by atoms with van der Waals surface area (Å²) in [6, 6.07) is 11.3. The third-order valence-electron chi connectivity index (χ3n) is 3.98. The summed E-state index contributed by atoms with van der Waals surface area (Å²) < 4.78 is 18.6. The van der Waals surface area contributed by atoms with Gasteiger partial charge in [0.1, 0.15) is 11.6 Å². The molecule has 2 aromatic carbocycles. The van der Waals surface area contributed by atoms with E-state index in [0.717, 1.165) is 18.2 Å². The molecule has 0 bridgehead atoms. The first-order chi connectivity index (χ1) is 14.2. The number of hydrogen-bond acceptors (Lipinski definition) is 4. The highest BCUT2D eigenvalue weighted by atomic mass is 35.5. The van der Waals surface area contributed by atoms with Gasteiger partial charge >= 0.3 is 0 Å². The Balaban J connectivity index is 1.71.